The van der Waals surface area contributed by atoms with E-state index in [4.69, 9.17) is 0 Å². The highest BCUT2D eigenvalue weighted by Crippen LogP contribution is 2.33. The summed E-state index contributed by atoms with van der Waals surface area (Å²) in [6, 6.07) is 0. The lowest BCUT2D eigenvalue weighted by atomic mass is 9.85. The Hall–Kier alpha value is -0.780. The molecule has 0 N–H and O–H groups in total. The van der Waals surface area contributed by atoms with Gasteiger partial charge in [-0.2, -0.15) is 0 Å². The molecule has 1 aliphatic carbocycles. The zero-order valence-electron chi connectivity index (χ0n) is 12.1. The van der Waals surface area contributed by atoms with Crippen LogP contribution in [0.5, 0.6) is 0 Å². The van der Waals surface area contributed by atoms with Crippen molar-refractivity contribution in [2.75, 3.05) is 0 Å². The second kappa shape index (κ2) is 4.84. The van der Waals surface area contributed by atoms with Crippen molar-refractivity contribution in [1.82, 2.24) is 0 Å². The third-order valence-corrected chi connectivity index (χ3v) is 5.12. The molecule has 1 aromatic carbocycles. The van der Waals surface area contributed by atoms with E-state index in [9.17, 15) is 0 Å². The summed E-state index contributed by atoms with van der Waals surface area (Å²) in [7, 11) is 0. The van der Waals surface area contributed by atoms with Crippen LogP contribution in [0.4, 0.5) is 0 Å². The Morgan fingerprint density at radius 2 is 1.12 bits per heavy atom. The molecule has 0 saturated heterocycles. The Bertz CT molecular complexity index is 391. The molecule has 0 heterocycles. The molecule has 94 valence electrons. The molecule has 0 atom stereocenters. The standard InChI is InChI=1S/C17H26/c1-11-12(2)14(4)17(15(5)13(11)3)10-16-8-6-7-9-16/h16H,6-10H2,1-5H3. The van der Waals surface area contributed by atoms with Crippen LogP contribution in [0.15, 0.2) is 0 Å². The van der Waals surface area contributed by atoms with E-state index < -0.39 is 0 Å². The first kappa shape index (κ1) is 12.7. The topological polar surface area (TPSA) is 0 Å². The molecule has 0 spiro atoms. The lowest BCUT2D eigenvalue weighted by Gasteiger charge is -2.21. The summed E-state index contributed by atoms with van der Waals surface area (Å²) in [6.07, 6.45) is 7.12. The molecule has 0 aromatic heterocycles. The predicted octanol–water partition coefficient (Wildman–Crippen LogP) is 4.96. The molecule has 0 radical (unpaired) electrons. The summed E-state index contributed by atoms with van der Waals surface area (Å²) in [6.45, 7) is 11.5. The van der Waals surface area contributed by atoms with E-state index in [1.54, 1.807) is 16.7 Å². The van der Waals surface area contributed by atoms with Gasteiger partial charge in [-0.25, -0.2) is 0 Å². The smallest absolute Gasteiger partial charge is 0.0245 e. The molecule has 17 heavy (non-hydrogen) atoms. The van der Waals surface area contributed by atoms with Crippen LogP contribution in [0, 0.1) is 40.5 Å². The van der Waals surface area contributed by atoms with Gasteiger partial charge in [0, 0.05) is 0 Å². The van der Waals surface area contributed by atoms with Gasteiger partial charge in [-0.1, -0.05) is 25.7 Å². The fourth-order valence-electron chi connectivity index (χ4n) is 3.39. The van der Waals surface area contributed by atoms with Crippen molar-refractivity contribution in [3.8, 4) is 0 Å². The lowest BCUT2D eigenvalue weighted by Crippen LogP contribution is -2.07. The van der Waals surface area contributed by atoms with Gasteiger partial charge in [0.15, 0.2) is 0 Å². The average Bonchev–Trinajstić information content (AvgIpc) is 2.82. The van der Waals surface area contributed by atoms with Crippen LogP contribution in [0.2, 0.25) is 0 Å². The normalized spacial score (nSPS) is 16.8. The maximum atomic E-state index is 2.32. The van der Waals surface area contributed by atoms with E-state index in [0.717, 1.165) is 5.92 Å². The van der Waals surface area contributed by atoms with E-state index in [1.807, 2.05) is 0 Å². The maximum absolute atomic E-state index is 2.32. The second-order valence-corrected chi connectivity index (χ2v) is 5.96. The van der Waals surface area contributed by atoms with Crippen LogP contribution in [-0.4, -0.2) is 0 Å². The quantitative estimate of drug-likeness (QED) is 0.673. The first-order valence-corrected chi connectivity index (χ1v) is 7.08. The molecule has 0 unspecified atom stereocenters. The Morgan fingerprint density at radius 3 is 1.59 bits per heavy atom. The van der Waals surface area contributed by atoms with Crippen molar-refractivity contribution in [1.29, 1.82) is 0 Å². The van der Waals surface area contributed by atoms with Gasteiger partial charge in [0.25, 0.3) is 0 Å². The van der Waals surface area contributed by atoms with Crippen molar-refractivity contribution < 1.29 is 0 Å². The van der Waals surface area contributed by atoms with Crippen molar-refractivity contribution in [3.63, 3.8) is 0 Å². The van der Waals surface area contributed by atoms with Crippen LogP contribution in [0.1, 0.15) is 59.1 Å². The molecule has 1 aliphatic rings. The second-order valence-electron chi connectivity index (χ2n) is 5.96. The summed E-state index contributed by atoms with van der Waals surface area (Å²) in [5.41, 5.74) is 9.28. The van der Waals surface area contributed by atoms with Gasteiger partial charge in [-0.3, -0.25) is 0 Å². The van der Waals surface area contributed by atoms with E-state index in [-0.39, 0.29) is 0 Å². The molecule has 0 bridgehead atoms. The number of hydrogen-bond acceptors (Lipinski definition) is 0. The van der Waals surface area contributed by atoms with Crippen molar-refractivity contribution in [2.24, 2.45) is 5.92 Å². The van der Waals surface area contributed by atoms with Crippen LogP contribution >= 0.6 is 0 Å². The summed E-state index contributed by atoms with van der Waals surface area (Å²) in [5, 5.41) is 0. The zero-order chi connectivity index (χ0) is 12.6. The minimum Gasteiger partial charge on any atom is -0.0530 e. The maximum Gasteiger partial charge on any atom is -0.0245 e. The molecule has 1 aromatic rings. The molecule has 0 heteroatoms. The van der Waals surface area contributed by atoms with Crippen LogP contribution in [0.25, 0.3) is 0 Å². The third kappa shape index (κ3) is 2.27. The molecule has 2 rings (SSSR count). The van der Waals surface area contributed by atoms with Gasteiger partial charge in [0.1, 0.15) is 0 Å². The fourth-order valence-corrected chi connectivity index (χ4v) is 3.39. The monoisotopic (exact) mass is 230 g/mol. The average molecular weight is 230 g/mol. The molecule has 0 nitrogen and oxygen atoms in total. The van der Waals surface area contributed by atoms with Gasteiger partial charge >= 0.3 is 0 Å². The fraction of sp³-hybridized carbons (Fsp3) is 0.647. The van der Waals surface area contributed by atoms with Gasteiger partial charge in [-0.15, -0.1) is 0 Å². The van der Waals surface area contributed by atoms with Crippen LogP contribution in [0.3, 0.4) is 0 Å². The number of hydrogen-bond donors (Lipinski definition) is 0. The van der Waals surface area contributed by atoms with Crippen molar-refractivity contribution in [3.05, 3.63) is 33.4 Å². The Kier molecular flexibility index (Phi) is 3.61. The summed E-state index contributed by atoms with van der Waals surface area (Å²) >= 11 is 0. The molecule has 0 amide bonds. The third-order valence-electron chi connectivity index (χ3n) is 5.12. The minimum absolute atomic E-state index is 0.953. The highest BCUT2D eigenvalue weighted by Gasteiger charge is 2.19. The first-order valence-electron chi connectivity index (χ1n) is 7.08. The molecule has 1 fully saturated rings. The van der Waals surface area contributed by atoms with Gasteiger partial charge in [-0.05, 0) is 80.3 Å². The van der Waals surface area contributed by atoms with Gasteiger partial charge in [0.05, 0.1) is 0 Å². The van der Waals surface area contributed by atoms with E-state index >= 15 is 0 Å². The summed E-state index contributed by atoms with van der Waals surface area (Å²) in [4.78, 5) is 0. The Balaban J connectivity index is 2.38. The van der Waals surface area contributed by atoms with Crippen LogP contribution < -0.4 is 0 Å². The summed E-state index contributed by atoms with van der Waals surface area (Å²) in [5.74, 6) is 0.953. The predicted molar refractivity (Wildman–Crippen MR) is 75.8 cm³/mol. The van der Waals surface area contributed by atoms with E-state index in [0.29, 0.717) is 0 Å². The highest BCUT2D eigenvalue weighted by molar-refractivity contribution is 5.49. The Morgan fingerprint density at radius 1 is 0.706 bits per heavy atom. The lowest BCUT2D eigenvalue weighted by molar-refractivity contribution is 0.543. The summed E-state index contributed by atoms with van der Waals surface area (Å²) < 4.78 is 0. The van der Waals surface area contributed by atoms with Crippen molar-refractivity contribution in [2.45, 2.75) is 66.7 Å². The number of benzene rings is 1. The molecular formula is C17H26. The zero-order valence-corrected chi connectivity index (χ0v) is 12.1. The van der Waals surface area contributed by atoms with E-state index in [1.165, 1.54) is 48.8 Å². The first-order chi connectivity index (χ1) is 8.02. The van der Waals surface area contributed by atoms with Crippen LogP contribution in [-0.2, 0) is 6.42 Å². The largest absolute Gasteiger partial charge is 0.0530 e. The minimum atomic E-state index is 0.953. The Labute approximate surface area is 106 Å². The molecule has 1 saturated carbocycles. The molecular weight excluding hydrogens is 204 g/mol. The van der Waals surface area contributed by atoms with Crippen molar-refractivity contribution >= 4 is 0 Å². The van der Waals surface area contributed by atoms with Gasteiger partial charge in [0.2, 0.25) is 0 Å². The SMILES string of the molecule is Cc1c(C)c(C)c(CC2CCCC2)c(C)c1C. The van der Waals surface area contributed by atoms with Gasteiger partial charge < -0.3 is 0 Å². The number of rotatable bonds is 2. The molecule has 0 aliphatic heterocycles. The van der Waals surface area contributed by atoms with E-state index in [2.05, 4.69) is 34.6 Å². The highest BCUT2D eigenvalue weighted by atomic mass is 14.2.